The SMILES string of the molecule is COC(=O)C1CCN(C(=O)Cn2nnc(-c3ccc(F)cc3)n2)CC1. The maximum absolute atomic E-state index is 12.9. The van der Waals surface area contributed by atoms with Crippen LogP contribution in [0.15, 0.2) is 24.3 Å². The molecular weight excluding hydrogens is 329 g/mol. The number of halogens is 1. The van der Waals surface area contributed by atoms with Gasteiger partial charge in [0.1, 0.15) is 12.4 Å². The Morgan fingerprint density at radius 3 is 2.56 bits per heavy atom. The Morgan fingerprint density at radius 1 is 1.24 bits per heavy atom. The van der Waals surface area contributed by atoms with Gasteiger partial charge in [0.25, 0.3) is 0 Å². The van der Waals surface area contributed by atoms with Crippen LogP contribution < -0.4 is 0 Å². The van der Waals surface area contributed by atoms with Gasteiger partial charge in [0.15, 0.2) is 0 Å². The van der Waals surface area contributed by atoms with Crippen molar-refractivity contribution in [1.29, 1.82) is 0 Å². The number of carbonyl (C=O) groups excluding carboxylic acids is 2. The first-order valence-electron chi connectivity index (χ1n) is 7.96. The molecule has 3 rings (SSSR count). The largest absolute Gasteiger partial charge is 0.469 e. The first-order valence-corrected chi connectivity index (χ1v) is 7.96. The number of benzene rings is 1. The Kier molecular flexibility index (Phi) is 5.01. The molecule has 0 bridgehead atoms. The van der Waals surface area contributed by atoms with Gasteiger partial charge in [0, 0.05) is 18.7 Å². The number of amides is 1. The molecule has 1 fully saturated rings. The standard InChI is InChI=1S/C16H18FN5O3/c1-25-16(24)12-6-8-21(9-7-12)14(23)10-22-19-15(18-20-22)11-2-4-13(17)5-3-11/h2-5,12H,6-10H2,1H3. The van der Waals surface area contributed by atoms with Gasteiger partial charge >= 0.3 is 5.97 Å². The second kappa shape index (κ2) is 7.37. The number of esters is 1. The smallest absolute Gasteiger partial charge is 0.308 e. The van der Waals surface area contributed by atoms with E-state index in [0.29, 0.717) is 37.3 Å². The van der Waals surface area contributed by atoms with Crippen molar-refractivity contribution in [2.45, 2.75) is 19.4 Å². The Morgan fingerprint density at radius 2 is 1.92 bits per heavy atom. The first kappa shape index (κ1) is 17.0. The molecular formula is C16H18FN5O3. The highest BCUT2D eigenvalue weighted by molar-refractivity contribution is 5.77. The fraction of sp³-hybridized carbons (Fsp3) is 0.438. The molecule has 1 aliphatic heterocycles. The Balaban J connectivity index is 1.57. The van der Waals surface area contributed by atoms with E-state index in [4.69, 9.17) is 4.74 Å². The van der Waals surface area contributed by atoms with E-state index >= 15 is 0 Å². The zero-order chi connectivity index (χ0) is 17.8. The maximum Gasteiger partial charge on any atom is 0.308 e. The van der Waals surface area contributed by atoms with Gasteiger partial charge in [-0.3, -0.25) is 9.59 Å². The predicted octanol–water partition coefficient (Wildman–Crippen LogP) is 0.891. The van der Waals surface area contributed by atoms with Crippen molar-refractivity contribution in [2.24, 2.45) is 5.92 Å². The lowest BCUT2D eigenvalue weighted by Crippen LogP contribution is -2.42. The van der Waals surface area contributed by atoms with Crippen molar-refractivity contribution in [3.8, 4) is 11.4 Å². The quantitative estimate of drug-likeness (QED) is 0.763. The maximum atomic E-state index is 12.9. The topological polar surface area (TPSA) is 90.2 Å². The van der Waals surface area contributed by atoms with Crippen molar-refractivity contribution in [2.75, 3.05) is 20.2 Å². The summed E-state index contributed by atoms with van der Waals surface area (Å²) in [5, 5.41) is 11.9. The van der Waals surface area contributed by atoms with Gasteiger partial charge in [-0.15, -0.1) is 10.2 Å². The van der Waals surface area contributed by atoms with Gasteiger partial charge in [-0.1, -0.05) is 0 Å². The van der Waals surface area contributed by atoms with Crippen LogP contribution in [0.5, 0.6) is 0 Å². The summed E-state index contributed by atoms with van der Waals surface area (Å²) in [7, 11) is 1.37. The molecule has 25 heavy (non-hydrogen) atoms. The van der Waals surface area contributed by atoms with Gasteiger partial charge in [-0.25, -0.2) is 4.39 Å². The minimum absolute atomic E-state index is 0.0307. The van der Waals surface area contributed by atoms with Gasteiger partial charge in [-0.05, 0) is 42.3 Å². The fourth-order valence-corrected chi connectivity index (χ4v) is 2.78. The lowest BCUT2D eigenvalue weighted by Gasteiger charge is -2.30. The molecule has 0 spiro atoms. The molecule has 0 N–H and O–H groups in total. The molecule has 1 aromatic heterocycles. The molecule has 1 saturated heterocycles. The summed E-state index contributed by atoms with van der Waals surface area (Å²) in [6, 6.07) is 5.73. The molecule has 1 aliphatic rings. The molecule has 1 amide bonds. The summed E-state index contributed by atoms with van der Waals surface area (Å²) in [5.74, 6) is -0.525. The summed E-state index contributed by atoms with van der Waals surface area (Å²) in [5.41, 5.74) is 0.624. The third-order valence-corrected chi connectivity index (χ3v) is 4.21. The van der Waals surface area contributed by atoms with Crippen LogP contribution in [0.25, 0.3) is 11.4 Å². The predicted molar refractivity (Wildman–Crippen MR) is 84.5 cm³/mol. The van der Waals surface area contributed by atoms with Gasteiger partial charge < -0.3 is 9.64 Å². The molecule has 2 heterocycles. The van der Waals surface area contributed by atoms with E-state index in [1.54, 1.807) is 17.0 Å². The van der Waals surface area contributed by atoms with Crippen molar-refractivity contribution in [3.63, 3.8) is 0 Å². The minimum atomic E-state index is -0.346. The lowest BCUT2D eigenvalue weighted by atomic mass is 9.97. The number of carbonyl (C=O) groups is 2. The van der Waals surface area contributed by atoms with E-state index in [1.165, 1.54) is 24.0 Å². The minimum Gasteiger partial charge on any atom is -0.469 e. The van der Waals surface area contributed by atoms with E-state index < -0.39 is 0 Å². The monoisotopic (exact) mass is 347 g/mol. The highest BCUT2D eigenvalue weighted by Gasteiger charge is 2.28. The molecule has 0 unspecified atom stereocenters. The number of likely N-dealkylation sites (tertiary alicyclic amines) is 1. The van der Waals surface area contributed by atoms with Crippen LogP contribution in [0.4, 0.5) is 4.39 Å². The number of hydrogen-bond donors (Lipinski definition) is 0. The molecule has 9 heteroatoms. The molecule has 132 valence electrons. The summed E-state index contributed by atoms with van der Waals surface area (Å²) in [6.45, 7) is 0.966. The number of methoxy groups -OCH3 is 1. The third-order valence-electron chi connectivity index (χ3n) is 4.21. The van der Waals surface area contributed by atoms with E-state index in [0.717, 1.165) is 0 Å². The third kappa shape index (κ3) is 3.98. The van der Waals surface area contributed by atoms with E-state index in [9.17, 15) is 14.0 Å². The molecule has 0 aliphatic carbocycles. The van der Waals surface area contributed by atoms with Gasteiger partial charge in [-0.2, -0.15) is 4.80 Å². The van der Waals surface area contributed by atoms with Crippen LogP contribution in [-0.4, -0.2) is 57.2 Å². The molecule has 1 aromatic carbocycles. The van der Waals surface area contributed by atoms with Crippen molar-refractivity contribution >= 4 is 11.9 Å². The summed E-state index contributed by atoms with van der Waals surface area (Å²) < 4.78 is 17.7. The number of hydrogen-bond acceptors (Lipinski definition) is 6. The number of piperidine rings is 1. The zero-order valence-electron chi connectivity index (χ0n) is 13.8. The molecule has 0 radical (unpaired) electrons. The summed E-state index contributed by atoms with van der Waals surface area (Å²) >= 11 is 0. The van der Waals surface area contributed by atoms with Crippen LogP contribution in [0.3, 0.4) is 0 Å². The number of aromatic nitrogens is 4. The van der Waals surface area contributed by atoms with E-state index in [-0.39, 0.29) is 30.2 Å². The Bertz CT molecular complexity index is 753. The molecule has 2 aromatic rings. The zero-order valence-corrected chi connectivity index (χ0v) is 13.8. The van der Waals surface area contributed by atoms with Gasteiger partial charge in [0.2, 0.25) is 11.7 Å². The highest BCUT2D eigenvalue weighted by atomic mass is 19.1. The normalized spacial score (nSPS) is 15.2. The summed E-state index contributed by atoms with van der Waals surface area (Å²) in [4.78, 5) is 26.7. The lowest BCUT2D eigenvalue weighted by molar-refractivity contribution is -0.149. The molecule has 8 nitrogen and oxygen atoms in total. The van der Waals surface area contributed by atoms with Crippen LogP contribution in [-0.2, 0) is 20.9 Å². The first-order chi connectivity index (χ1) is 12.1. The number of tetrazole rings is 1. The number of ether oxygens (including phenoxy) is 1. The van der Waals surface area contributed by atoms with Crippen molar-refractivity contribution < 1.29 is 18.7 Å². The number of nitrogens with zero attached hydrogens (tertiary/aromatic N) is 5. The Labute approximate surface area is 143 Å². The van der Waals surface area contributed by atoms with Crippen molar-refractivity contribution in [1.82, 2.24) is 25.1 Å². The second-order valence-electron chi connectivity index (χ2n) is 5.83. The van der Waals surface area contributed by atoms with E-state index in [1.807, 2.05) is 0 Å². The van der Waals surface area contributed by atoms with Crippen LogP contribution in [0.2, 0.25) is 0 Å². The average molecular weight is 347 g/mol. The van der Waals surface area contributed by atoms with E-state index in [2.05, 4.69) is 15.4 Å². The number of rotatable bonds is 4. The molecule has 0 atom stereocenters. The molecule has 0 saturated carbocycles. The van der Waals surface area contributed by atoms with Crippen LogP contribution in [0, 0.1) is 11.7 Å². The van der Waals surface area contributed by atoms with Crippen molar-refractivity contribution in [3.05, 3.63) is 30.1 Å². The van der Waals surface area contributed by atoms with Crippen LogP contribution in [0.1, 0.15) is 12.8 Å². The summed E-state index contributed by atoms with van der Waals surface area (Å²) in [6.07, 6.45) is 1.17. The van der Waals surface area contributed by atoms with Crippen LogP contribution >= 0.6 is 0 Å². The average Bonchev–Trinajstić information content (AvgIpc) is 3.10. The fourth-order valence-electron chi connectivity index (χ4n) is 2.78. The van der Waals surface area contributed by atoms with Gasteiger partial charge in [0.05, 0.1) is 13.0 Å². The Hall–Kier alpha value is -2.84. The highest BCUT2D eigenvalue weighted by Crippen LogP contribution is 2.19. The second-order valence-corrected chi connectivity index (χ2v) is 5.83.